The van der Waals surface area contributed by atoms with Crippen LogP contribution >= 0.6 is 0 Å². The Kier molecular flexibility index (Phi) is 5.06. The monoisotopic (exact) mass is 444 g/mol. The fourth-order valence-corrected chi connectivity index (χ4v) is 11.3. The van der Waals surface area contributed by atoms with Gasteiger partial charge in [-0.2, -0.15) is 0 Å². The van der Waals surface area contributed by atoms with Crippen molar-refractivity contribution in [1.82, 2.24) is 0 Å². The first-order valence-corrected chi connectivity index (χ1v) is 13.7. The van der Waals surface area contributed by atoms with E-state index in [9.17, 15) is 15.0 Å². The first-order valence-electron chi connectivity index (χ1n) is 13.7. The number of fused-ring (bicyclic) bond motifs is 7. The second kappa shape index (κ2) is 6.98. The molecule has 0 amide bonds. The summed E-state index contributed by atoms with van der Waals surface area (Å²) in [5, 5.41) is 21.3. The van der Waals surface area contributed by atoms with Gasteiger partial charge in [0.05, 0.1) is 11.5 Å². The molecule has 2 N–H and O–H groups in total. The van der Waals surface area contributed by atoms with E-state index in [1.54, 1.807) is 0 Å². The minimum absolute atomic E-state index is 0.00406. The van der Waals surface area contributed by atoms with E-state index in [0.717, 1.165) is 44.9 Å². The van der Waals surface area contributed by atoms with E-state index in [2.05, 4.69) is 41.5 Å². The van der Waals surface area contributed by atoms with E-state index in [1.165, 1.54) is 25.7 Å². The summed E-state index contributed by atoms with van der Waals surface area (Å²) in [7, 11) is 0. The zero-order valence-corrected chi connectivity index (χ0v) is 21.5. The first-order chi connectivity index (χ1) is 14.8. The molecule has 0 heterocycles. The highest BCUT2D eigenvalue weighted by atomic mass is 16.4. The normalized spacial score (nSPS) is 56.8. The van der Waals surface area contributed by atoms with Gasteiger partial charge in [-0.15, -0.1) is 0 Å². The highest BCUT2D eigenvalue weighted by molar-refractivity contribution is 5.75. The van der Waals surface area contributed by atoms with Gasteiger partial charge < -0.3 is 10.2 Å². The van der Waals surface area contributed by atoms with Crippen LogP contribution in [0.4, 0.5) is 0 Å². The molecule has 182 valence electrons. The second-order valence-electron chi connectivity index (χ2n) is 14.5. The lowest BCUT2D eigenvalue weighted by Gasteiger charge is -2.73. The second-order valence-corrected chi connectivity index (χ2v) is 14.5. The molecule has 0 aromatic heterocycles. The Morgan fingerprint density at radius 2 is 1.47 bits per heavy atom. The highest BCUT2D eigenvalue weighted by Crippen LogP contribution is 2.76. The van der Waals surface area contributed by atoms with Crippen molar-refractivity contribution in [3.8, 4) is 0 Å². The zero-order valence-electron chi connectivity index (χ0n) is 21.5. The Morgan fingerprint density at radius 1 is 0.750 bits per heavy atom. The van der Waals surface area contributed by atoms with Crippen LogP contribution in [0.2, 0.25) is 0 Å². The van der Waals surface area contributed by atoms with E-state index < -0.39 is 11.4 Å². The molecule has 5 saturated carbocycles. The molecule has 5 rings (SSSR count). The molecule has 0 saturated heterocycles. The van der Waals surface area contributed by atoms with E-state index in [1.807, 2.05) is 0 Å². The summed E-state index contributed by atoms with van der Waals surface area (Å²) < 4.78 is 0. The third-order valence-corrected chi connectivity index (χ3v) is 13.4. The predicted octanol–water partition coefficient (Wildman–Crippen LogP) is 6.92. The van der Waals surface area contributed by atoms with Gasteiger partial charge in [0, 0.05) is 0 Å². The van der Waals surface area contributed by atoms with E-state index >= 15 is 0 Å². The number of aliphatic hydroxyl groups excluding tert-OH is 1. The van der Waals surface area contributed by atoms with Gasteiger partial charge in [-0.3, -0.25) is 4.79 Å². The lowest BCUT2D eigenvalue weighted by Crippen LogP contribution is -2.67. The van der Waals surface area contributed by atoms with Crippen LogP contribution in [0, 0.1) is 56.7 Å². The Bertz CT molecular complexity index is 789. The number of rotatable bonds is 1. The summed E-state index contributed by atoms with van der Waals surface area (Å²) >= 11 is 0. The van der Waals surface area contributed by atoms with Crippen LogP contribution in [0.15, 0.2) is 0 Å². The Labute approximate surface area is 196 Å². The summed E-state index contributed by atoms with van der Waals surface area (Å²) in [6, 6.07) is 0. The number of hydrogen-bond acceptors (Lipinski definition) is 2. The van der Waals surface area contributed by atoms with Crippen molar-refractivity contribution in [2.24, 2.45) is 56.7 Å². The maximum absolute atomic E-state index is 12.7. The van der Waals surface area contributed by atoms with E-state index in [4.69, 9.17) is 0 Å². The fraction of sp³-hybridized carbons (Fsp3) is 0.966. The van der Waals surface area contributed by atoms with Gasteiger partial charge in [0.25, 0.3) is 0 Å². The number of aliphatic hydroxyl groups is 1. The van der Waals surface area contributed by atoms with Crippen molar-refractivity contribution in [2.45, 2.75) is 118 Å². The van der Waals surface area contributed by atoms with Gasteiger partial charge in [-0.05, 0) is 122 Å². The summed E-state index contributed by atoms with van der Waals surface area (Å²) in [6.07, 6.45) is 12.0. The smallest absolute Gasteiger partial charge is 0.309 e. The standard InChI is InChI=1S/C29H48O3/c1-18-9-14-29(24(31)32)16-15-27(5)19(20(29)17-18)7-8-22-26(4)12-11-23(30)25(2,3)21(26)10-13-28(22,27)6/h18-23,30H,7-17H2,1-6H3,(H,31,32)/t18-,19?,20-,21?,22+,23-,26-,27+,28+,29-/m0/s1. The molecule has 0 aromatic carbocycles. The molecule has 2 unspecified atom stereocenters. The number of aliphatic carboxylic acids is 1. The number of carboxylic acids is 1. The molecule has 0 aromatic rings. The van der Waals surface area contributed by atoms with E-state index in [0.29, 0.717) is 35.0 Å². The Hall–Kier alpha value is -0.570. The average Bonchev–Trinajstić information content (AvgIpc) is 2.71. The molecule has 5 aliphatic carbocycles. The van der Waals surface area contributed by atoms with Crippen LogP contribution in [0.5, 0.6) is 0 Å². The minimum Gasteiger partial charge on any atom is -0.481 e. The first kappa shape index (κ1) is 23.2. The van der Waals surface area contributed by atoms with Crippen molar-refractivity contribution in [2.75, 3.05) is 0 Å². The molecule has 3 nitrogen and oxygen atoms in total. The Balaban J connectivity index is 1.54. The highest BCUT2D eigenvalue weighted by Gasteiger charge is 2.70. The number of carbonyl (C=O) groups is 1. The van der Waals surface area contributed by atoms with Gasteiger partial charge in [-0.1, -0.05) is 41.5 Å². The third-order valence-electron chi connectivity index (χ3n) is 13.4. The third kappa shape index (κ3) is 2.67. The van der Waals surface area contributed by atoms with Gasteiger partial charge in [0.15, 0.2) is 0 Å². The lowest BCUT2D eigenvalue weighted by molar-refractivity contribution is -0.253. The van der Waals surface area contributed by atoms with Crippen molar-refractivity contribution < 1.29 is 15.0 Å². The molecule has 0 bridgehead atoms. The van der Waals surface area contributed by atoms with Crippen LogP contribution in [0.25, 0.3) is 0 Å². The molecule has 32 heavy (non-hydrogen) atoms. The Morgan fingerprint density at radius 3 is 2.16 bits per heavy atom. The van der Waals surface area contributed by atoms with Crippen LogP contribution in [0.3, 0.4) is 0 Å². The van der Waals surface area contributed by atoms with Crippen molar-refractivity contribution in [3.63, 3.8) is 0 Å². The maximum atomic E-state index is 12.7. The summed E-state index contributed by atoms with van der Waals surface area (Å²) in [4.78, 5) is 12.7. The molecule has 0 radical (unpaired) electrons. The number of carboxylic acid groups (broad SMARTS) is 1. The van der Waals surface area contributed by atoms with Crippen molar-refractivity contribution in [3.05, 3.63) is 0 Å². The zero-order chi connectivity index (χ0) is 23.3. The molecular formula is C29H48O3. The largest absolute Gasteiger partial charge is 0.481 e. The SMILES string of the molecule is C[C@H]1CC[C@]2(C(=O)O)CC[C@]3(C)C(CC[C@@H]4[C@@]5(C)CC[C@H](O)C(C)(C)C5CC[C@]43C)[C@@H]2C1. The molecule has 3 heteroatoms. The quantitative estimate of drug-likeness (QED) is 0.461. The van der Waals surface area contributed by atoms with Gasteiger partial charge in [0.1, 0.15) is 0 Å². The molecular weight excluding hydrogens is 396 g/mol. The summed E-state index contributed by atoms with van der Waals surface area (Å²) in [5.74, 6) is 2.36. The van der Waals surface area contributed by atoms with E-state index in [-0.39, 0.29) is 22.3 Å². The molecule has 5 fully saturated rings. The predicted molar refractivity (Wildman–Crippen MR) is 128 cm³/mol. The lowest BCUT2D eigenvalue weighted by atomic mass is 9.31. The average molecular weight is 445 g/mol. The summed E-state index contributed by atoms with van der Waals surface area (Å²) in [6.45, 7) is 14.8. The summed E-state index contributed by atoms with van der Waals surface area (Å²) in [5.41, 5.74) is 0.356. The van der Waals surface area contributed by atoms with Crippen molar-refractivity contribution >= 4 is 5.97 Å². The van der Waals surface area contributed by atoms with Crippen LogP contribution in [0.1, 0.15) is 112 Å². The van der Waals surface area contributed by atoms with Gasteiger partial charge >= 0.3 is 5.97 Å². The van der Waals surface area contributed by atoms with Gasteiger partial charge in [-0.25, -0.2) is 0 Å². The maximum Gasteiger partial charge on any atom is 0.309 e. The topological polar surface area (TPSA) is 57.5 Å². The molecule has 0 aliphatic heterocycles. The van der Waals surface area contributed by atoms with Crippen LogP contribution in [-0.2, 0) is 4.79 Å². The fourth-order valence-electron chi connectivity index (χ4n) is 11.3. The van der Waals surface area contributed by atoms with Crippen LogP contribution < -0.4 is 0 Å². The molecule has 5 aliphatic rings. The van der Waals surface area contributed by atoms with Crippen LogP contribution in [-0.4, -0.2) is 22.3 Å². The van der Waals surface area contributed by atoms with Gasteiger partial charge in [0.2, 0.25) is 0 Å². The number of hydrogen-bond donors (Lipinski definition) is 2. The minimum atomic E-state index is -0.498. The van der Waals surface area contributed by atoms with Crippen molar-refractivity contribution in [1.29, 1.82) is 0 Å². The molecule has 10 atom stereocenters. The molecule has 0 spiro atoms.